The lowest BCUT2D eigenvalue weighted by molar-refractivity contribution is -0.143. The topological polar surface area (TPSA) is 55.4 Å². The Morgan fingerprint density at radius 1 is 1.30 bits per heavy atom. The van der Waals surface area contributed by atoms with Crippen LogP contribution in [0.2, 0.25) is 0 Å². The number of rotatable bonds is 5. The average Bonchev–Trinajstić information content (AvgIpc) is 3.19. The highest BCUT2D eigenvalue weighted by atomic mass is 19.1. The van der Waals surface area contributed by atoms with Gasteiger partial charge in [0.2, 0.25) is 0 Å². The minimum absolute atomic E-state index is 0.160. The summed E-state index contributed by atoms with van der Waals surface area (Å²) in [7, 11) is 1.23. The molecular formula is C14H15F2NO3. The first-order valence-electron chi connectivity index (χ1n) is 6.34. The van der Waals surface area contributed by atoms with E-state index in [4.69, 9.17) is 0 Å². The molecule has 6 heteroatoms. The summed E-state index contributed by atoms with van der Waals surface area (Å²) in [5.74, 6) is -2.54. The number of carbonyl (C=O) groups excluding carboxylic acids is 2. The van der Waals surface area contributed by atoms with Crippen molar-refractivity contribution in [1.29, 1.82) is 0 Å². The van der Waals surface area contributed by atoms with E-state index in [2.05, 4.69) is 10.1 Å². The van der Waals surface area contributed by atoms with Crippen LogP contribution < -0.4 is 5.32 Å². The molecule has 1 fully saturated rings. The van der Waals surface area contributed by atoms with Gasteiger partial charge in [0.15, 0.2) is 0 Å². The number of hydrogen-bond acceptors (Lipinski definition) is 3. The lowest BCUT2D eigenvalue weighted by Gasteiger charge is -2.16. The first kappa shape index (κ1) is 14.4. The van der Waals surface area contributed by atoms with Gasteiger partial charge < -0.3 is 10.1 Å². The van der Waals surface area contributed by atoms with Gasteiger partial charge in [0.05, 0.1) is 7.11 Å². The van der Waals surface area contributed by atoms with Crippen molar-refractivity contribution in [1.82, 2.24) is 5.32 Å². The summed E-state index contributed by atoms with van der Waals surface area (Å²) in [6, 6.07) is 1.73. The molecule has 0 aliphatic heterocycles. The van der Waals surface area contributed by atoms with Gasteiger partial charge >= 0.3 is 5.97 Å². The Kier molecular flexibility index (Phi) is 4.32. The Balaban J connectivity index is 2.08. The summed E-state index contributed by atoms with van der Waals surface area (Å²) >= 11 is 0. The number of hydrogen-bond donors (Lipinski definition) is 1. The molecule has 1 aromatic rings. The molecule has 0 aromatic heterocycles. The third-order valence-electron chi connectivity index (χ3n) is 3.18. The van der Waals surface area contributed by atoms with Gasteiger partial charge in [0.25, 0.3) is 5.91 Å². The fourth-order valence-corrected chi connectivity index (χ4v) is 1.97. The zero-order valence-corrected chi connectivity index (χ0v) is 11.0. The SMILES string of the molecule is COC(=O)[C@H](CC1CC1)NC(=O)c1cc(F)cc(F)c1. The standard InChI is InChI=1S/C14H15F2NO3/c1-20-14(19)12(4-8-2-3-8)17-13(18)9-5-10(15)7-11(16)6-9/h5-8,12H,2-4H2,1H3,(H,17,18)/t12-/m0/s1. The number of halogens is 2. The normalized spacial score (nSPS) is 15.6. The highest BCUT2D eigenvalue weighted by Gasteiger charge is 2.31. The highest BCUT2D eigenvalue weighted by molar-refractivity contribution is 5.96. The molecule has 0 radical (unpaired) electrons. The highest BCUT2D eigenvalue weighted by Crippen LogP contribution is 2.33. The summed E-state index contributed by atoms with van der Waals surface area (Å²) in [5.41, 5.74) is -0.160. The predicted molar refractivity (Wildman–Crippen MR) is 67.0 cm³/mol. The number of ether oxygens (including phenoxy) is 1. The minimum atomic E-state index is -0.841. The monoisotopic (exact) mass is 283 g/mol. The van der Waals surface area contributed by atoms with E-state index in [1.54, 1.807) is 0 Å². The molecule has 1 amide bonds. The maximum Gasteiger partial charge on any atom is 0.328 e. The molecule has 1 aliphatic carbocycles. The van der Waals surface area contributed by atoms with Crippen LogP contribution in [-0.4, -0.2) is 25.0 Å². The second-order valence-electron chi connectivity index (χ2n) is 4.89. The van der Waals surface area contributed by atoms with Crippen LogP contribution in [0.25, 0.3) is 0 Å². The molecule has 2 rings (SSSR count). The number of methoxy groups -OCH3 is 1. The Morgan fingerprint density at radius 3 is 2.40 bits per heavy atom. The Morgan fingerprint density at radius 2 is 1.90 bits per heavy atom. The fourth-order valence-electron chi connectivity index (χ4n) is 1.97. The second-order valence-corrected chi connectivity index (χ2v) is 4.89. The third kappa shape index (κ3) is 3.76. The number of amides is 1. The van der Waals surface area contributed by atoms with Crippen molar-refractivity contribution in [3.05, 3.63) is 35.4 Å². The molecule has 0 bridgehead atoms. The number of esters is 1. The molecule has 20 heavy (non-hydrogen) atoms. The van der Waals surface area contributed by atoms with Crippen molar-refractivity contribution in [2.24, 2.45) is 5.92 Å². The van der Waals surface area contributed by atoms with Gasteiger partial charge in [-0.25, -0.2) is 13.6 Å². The largest absolute Gasteiger partial charge is 0.467 e. The molecule has 1 aromatic carbocycles. The van der Waals surface area contributed by atoms with Gasteiger partial charge in [-0.3, -0.25) is 4.79 Å². The molecule has 108 valence electrons. The van der Waals surface area contributed by atoms with Crippen LogP contribution in [0.5, 0.6) is 0 Å². The third-order valence-corrected chi connectivity index (χ3v) is 3.18. The van der Waals surface area contributed by atoms with Crippen LogP contribution in [0.3, 0.4) is 0 Å². The first-order valence-corrected chi connectivity index (χ1v) is 6.34. The van der Waals surface area contributed by atoms with Crippen molar-refractivity contribution in [2.75, 3.05) is 7.11 Å². The lowest BCUT2D eigenvalue weighted by Crippen LogP contribution is -2.41. The number of benzene rings is 1. The Bertz CT molecular complexity index is 509. The molecule has 4 nitrogen and oxygen atoms in total. The van der Waals surface area contributed by atoms with Gasteiger partial charge in [-0.05, 0) is 24.5 Å². The molecule has 1 aliphatic rings. The van der Waals surface area contributed by atoms with Gasteiger partial charge in [-0.15, -0.1) is 0 Å². The Hall–Kier alpha value is -1.98. The smallest absolute Gasteiger partial charge is 0.328 e. The van der Waals surface area contributed by atoms with Gasteiger partial charge in [-0.2, -0.15) is 0 Å². The van der Waals surface area contributed by atoms with Gasteiger partial charge in [-0.1, -0.05) is 12.8 Å². The van der Waals surface area contributed by atoms with Crippen molar-refractivity contribution in [3.8, 4) is 0 Å². The average molecular weight is 283 g/mol. The summed E-state index contributed by atoms with van der Waals surface area (Å²) in [6.07, 6.45) is 2.51. The van der Waals surface area contributed by atoms with Crippen LogP contribution in [0.4, 0.5) is 8.78 Å². The molecular weight excluding hydrogens is 268 g/mol. The molecule has 0 spiro atoms. The second kappa shape index (κ2) is 5.98. The lowest BCUT2D eigenvalue weighted by atomic mass is 10.1. The quantitative estimate of drug-likeness (QED) is 0.841. The van der Waals surface area contributed by atoms with E-state index in [0.717, 1.165) is 25.0 Å². The van der Waals surface area contributed by atoms with Crippen LogP contribution in [-0.2, 0) is 9.53 Å². The molecule has 1 saturated carbocycles. The maximum absolute atomic E-state index is 13.1. The first-order chi connectivity index (χ1) is 9.49. The van der Waals surface area contributed by atoms with Crippen molar-refractivity contribution < 1.29 is 23.1 Å². The zero-order chi connectivity index (χ0) is 14.7. The summed E-state index contributed by atoms with van der Waals surface area (Å²) in [5, 5.41) is 2.46. The summed E-state index contributed by atoms with van der Waals surface area (Å²) in [4.78, 5) is 23.5. The molecule has 1 atom stereocenters. The molecule has 0 unspecified atom stereocenters. The van der Waals surface area contributed by atoms with Crippen molar-refractivity contribution in [3.63, 3.8) is 0 Å². The van der Waals surface area contributed by atoms with Crippen LogP contribution in [0.15, 0.2) is 18.2 Å². The van der Waals surface area contributed by atoms with Crippen molar-refractivity contribution in [2.45, 2.75) is 25.3 Å². The van der Waals surface area contributed by atoms with Crippen molar-refractivity contribution >= 4 is 11.9 Å². The van der Waals surface area contributed by atoms with E-state index in [1.807, 2.05) is 0 Å². The van der Waals surface area contributed by atoms with Gasteiger partial charge in [0.1, 0.15) is 17.7 Å². The molecule has 1 N–H and O–H groups in total. The summed E-state index contributed by atoms with van der Waals surface area (Å²) in [6.45, 7) is 0. The van der Waals surface area contributed by atoms with Gasteiger partial charge in [0, 0.05) is 11.6 Å². The molecule has 0 heterocycles. The minimum Gasteiger partial charge on any atom is -0.467 e. The van der Waals surface area contributed by atoms with Crippen LogP contribution >= 0.6 is 0 Å². The van der Waals surface area contributed by atoms with E-state index in [9.17, 15) is 18.4 Å². The number of carbonyl (C=O) groups is 2. The Labute approximate surface area is 115 Å². The van der Waals surface area contributed by atoms with E-state index in [-0.39, 0.29) is 5.56 Å². The number of nitrogens with one attached hydrogen (secondary N) is 1. The summed E-state index contributed by atoms with van der Waals surface area (Å²) < 4.78 is 30.7. The molecule has 0 saturated heterocycles. The maximum atomic E-state index is 13.1. The fraction of sp³-hybridized carbons (Fsp3) is 0.429. The predicted octanol–water partition coefficient (Wildman–Crippen LogP) is 2.04. The van der Waals surface area contributed by atoms with E-state index >= 15 is 0 Å². The van der Waals surface area contributed by atoms with E-state index in [0.29, 0.717) is 18.4 Å². The zero-order valence-electron chi connectivity index (χ0n) is 11.0. The van der Waals surface area contributed by atoms with E-state index in [1.165, 1.54) is 7.11 Å². The van der Waals surface area contributed by atoms with Crippen LogP contribution in [0.1, 0.15) is 29.6 Å². The van der Waals surface area contributed by atoms with Crippen LogP contribution in [0, 0.1) is 17.6 Å². The van der Waals surface area contributed by atoms with E-state index < -0.39 is 29.6 Å².